The Labute approximate surface area is 116 Å². The Bertz CT molecular complexity index is 674. The molecule has 1 atom stereocenters. The van der Waals surface area contributed by atoms with E-state index in [-0.39, 0.29) is 11.6 Å². The van der Waals surface area contributed by atoms with Gasteiger partial charge in [0.2, 0.25) is 0 Å². The Morgan fingerprint density at radius 3 is 3.05 bits per heavy atom. The molecule has 1 N–H and O–H groups in total. The molecule has 0 amide bonds. The summed E-state index contributed by atoms with van der Waals surface area (Å²) in [5, 5.41) is 4.34. The van der Waals surface area contributed by atoms with Gasteiger partial charge < -0.3 is 5.32 Å². The largest absolute Gasteiger partial charge is 0.315 e. The lowest BCUT2D eigenvalue weighted by Crippen LogP contribution is -2.38. The first-order valence-corrected chi connectivity index (χ1v) is 6.94. The van der Waals surface area contributed by atoms with Crippen molar-refractivity contribution in [3.8, 4) is 0 Å². The van der Waals surface area contributed by atoms with Crippen LogP contribution in [0.15, 0.2) is 23.0 Å². The third-order valence-corrected chi connectivity index (χ3v) is 4.01. The molecule has 1 aromatic heterocycles. The molecule has 0 saturated carbocycles. The molecule has 100 valence electrons. The first-order chi connectivity index (χ1) is 9.18. The Hall–Kier alpha value is -1.39. The van der Waals surface area contributed by atoms with E-state index in [1.165, 1.54) is 0 Å². The predicted molar refractivity (Wildman–Crippen MR) is 76.9 cm³/mol. The Kier molecular flexibility index (Phi) is 3.29. The Balaban J connectivity index is 2.24. The molecule has 0 aliphatic carbocycles. The van der Waals surface area contributed by atoms with Gasteiger partial charge in [0.05, 0.1) is 22.0 Å². The molecular weight excluding hydrogens is 262 g/mol. The maximum absolute atomic E-state index is 12.7. The molecular formula is C14H16ClN3O. The van der Waals surface area contributed by atoms with Crippen molar-refractivity contribution in [2.75, 3.05) is 13.1 Å². The van der Waals surface area contributed by atoms with E-state index in [9.17, 15) is 4.79 Å². The van der Waals surface area contributed by atoms with E-state index in [0.717, 1.165) is 31.8 Å². The fourth-order valence-electron chi connectivity index (χ4n) is 2.80. The molecule has 1 fully saturated rings. The van der Waals surface area contributed by atoms with Gasteiger partial charge in [0.1, 0.15) is 5.82 Å². The summed E-state index contributed by atoms with van der Waals surface area (Å²) in [7, 11) is 0. The number of hydrogen-bond donors (Lipinski definition) is 1. The number of aryl methyl sites for hydroxylation is 1. The lowest BCUT2D eigenvalue weighted by Gasteiger charge is -2.26. The normalized spacial score (nSPS) is 19.8. The minimum Gasteiger partial charge on any atom is -0.315 e. The maximum Gasteiger partial charge on any atom is 0.263 e. The minimum absolute atomic E-state index is 0.0261. The SMILES string of the molecule is Cc1nc2cccc(Cl)c2c(=O)n1C1CCCNC1. The maximum atomic E-state index is 12.7. The highest BCUT2D eigenvalue weighted by Gasteiger charge is 2.20. The summed E-state index contributed by atoms with van der Waals surface area (Å²) >= 11 is 6.16. The molecule has 1 aliphatic heterocycles. The summed E-state index contributed by atoms with van der Waals surface area (Å²) in [5.74, 6) is 0.758. The predicted octanol–water partition coefficient (Wildman–Crippen LogP) is 2.28. The average molecular weight is 278 g/mol. The van der Waals surface area contributed by atoms with E-state index in [1.807, 2.05) is 19.1 Å². The molecule has 0 spiro atoms. The molecule has 1 aliphatic rings. The van der Waals surface area contributed by atoms with Gasteiger partial charge in [-0.25, -0.2) is 4.98 Å². The van der Waals surface area contributed by atoms with Crippen molar-refractivity contribution in [1.29, 1.82) is 0 Å². The number of rotatable bonds is 1. The van der Waals surface area contributed by atoms with Crippen molar-refractivity contribution in [3.63, 3.8) is 0 Å². The van der Waals surface area contributed by atoms with Gasteiger partial charge in [-0.3, -0.25) is 9.36 Å². The highest BCUT2D eigenvalue weighted by molar-refractivity contribution is 6.35. The summed E-state index contributed by atoms with van der Waals surface area (Å²) in [5.41, 5.74) is 0.650. The zero-order valence-electron chi connectivity index (χ0n) is 10.8. The first kappa shape index (κ1) is 12.6. The molecule has 1 unspecified atom stereocenters. The van der Waals surface area contributed by atoms with Crippen molar-refractivity contribution >= 4 is 22.5 Å². The van der Waals surface area contributed by atoms with Crippen LogP contribution in [0, 0.1) is 6.92 Å². The molecule has 4 nitrogen and oxygen atoms in total. The highest BCUT2D eigenvalue weighted by Crippen LogP contribution is 2.22. The van der Waals surface area contributed by atoms with Crippen molar-refractivity contribution in [3.05, 3.63) is 39.4 Å². The zero-order valence-corrected chi connectivity index (χ0v) is 11.6. The van der Waals surface area contributed by atoms with Crippen molar-refractivity contribution in [2.24, 2.45) is 0 Å². The van der Waals surface area contributed by atoms with Crippen LogP contribution in [0.1, 0.15) is 24.7 Å². The van der Waals surface area contributed by atoms with Crippen LogP contribution in [0.4, 0.5) is 0 Å². The van der Waals surface area contributed by atoms with Gasteiger partial charge in [0.25, 0.3) is 5.56 Å². The van der Waals surface area contributed by atoms with Gasteiger partial charge in [0.15, 0.2) is 0 Å². The highest BCUT2D eigenvalue weighted by atomic mass is 35.5. The Morgan fingerprint density at radius 2 is 2.32 bits per heavy atom. The number of aromatic nitrogens is 2. The van der Waals surface area contributed by atoms with Crippen LogP contribution < -0.4 is 10.9 Å². The number of piperidine rings is 1. The standard InChI is InChI=1S/C14H16ClN3O/c1-9-17-12-6-2-5-11(15)13(12)14(19)18(9)10-4-3-7-16-8-10/h2,5-6,10,16H,3-4,7-8H2,1H3. The smallest absolute Gasteiger partial charge is 0.263 e. The van der Waals surface area contributed by atoms with Crippen LogP contribution >= 0.6 is 11.6 Å². The van der Waals surface area contributed by atoms with Crippen molar-refractivity contribution < 1.29 is 0 Å². The number of nitrogens with one attached hydrogen (secondary N) is 1. The molecule has 1 aromatic carbocycles. The van der Waals surface area contributed by atoms with Gasteiger partial charge in [-0.05, 0) is 38.4 Å². The number of halogens is 1. The van der Waals surface area contributed by atoms with Crippen LogP contribution in [0.5, 0.6) is 0 Å². The molecule has 3 rings (SSSR count). The summed E-state index contributed by atoms with van der Waals surface area (Å²) in [6.07, 6.45) is 2.09. The summed E-state index contributed by atoms with van der Waals surface area (Å²) in [6.45, 7) is 3.72. The second-order valence-electron chi connectivity index (χ2n) is 4.97. The van der Waals surface area contributed by atoms with Gasteiger partial charge >= 0.3 is 0 Å². The molecule has 1 saturated heterocycles. The van der Waals surface area contributed by atoms with Gasteiger partial charge in [-0.15, -0.1) is 0 Å². The van der Waals surface area contributed by atoms with Gasteiger partial charge in [0, 0.05) is 6.54 Å². The summed E-state index contributed by atoms with van der Waals surface area (Å²) in [6, 6.07) is 5.57. The van der Waals surface area contributed by atoms with E-state index in [2.05, 4.69) is 10.3 Å². The Morgan fingerprint density at radius 1 is 1.47 bits per heavy atom. The lowest BCUT2D eigenvalue weighted by molar-refractivity contribution is 0.357. The fourth-order valence-corrected chi connectivity index (χ4v) is 3.05. The number of nitrogens with zero attached hydrogens (tertiary/aromatic N) is 2. The molecule has 2 aromatic rings. The first-order valence-electron chi connectivity index (χ1n) is 6.56. The van der Waals surface area contributed by atoms with Gasteiger partial charge in [-0.2, -0.15) is 0 Å². The summed E-state index contributed by atoms with van der Waals surface area (Å²) in [4.78, 5) is 17.2. The third kappa shape index (κ3) is 2.15. The van der Waals surface area contributed by atoms with Crippen LogP contribution in [-0.2, 0) is 0 Å². The second-order valence-corrected chi connectivity index (χ2v) is 5.38. The monoisotopic (exact) mass is 277 g/mol. The van der Waals surface area contributed by atoms with Crippen LogP contribution in [-0.4, -0.2) is 22.6 Å². The number of hydrogen-bond acceptors (Lipinski definition) is 3. The minimum atomic E-state index is -0.0261. The molecule has 2 heterocycles. The summed E-state index contributed by atoms with van der Waals surface area (Å²) < 4.78 is 1.79. The van der Waals surface area contributed by atoms with Gasteiger partial charge in [-0.1, -0.05) is 17.7 Å². The van der Waals surface area contributed by atoms with E-state index in [1.54, 1.807) is 10.6 Å². The molecule has 19 heavy (non-hydrogen) atoms. The number of benzene rings is 1. The molecule has 0 bridgehead atoms. The van der Waals surface area contributed by atoms with Crippen molar-refractivity contribution in [1.82, 2.24) is 14.9 Å². The van der Waals surface area contributed by atoms with Crippen LogP contribution in [0.2, 0.25) is 5.02 Å². The van der Waals surface area contributed by atoms with Crippen LogP contribution in [0.3, 0.4) is 0 Å². The molecule has 5 heteroatoms. The fraction of sp³-hybridized carbons (Fsp3) is 0.429. The topological polar surface area (TPSA) is 46.9 Å². The number of fused-ring (bicyclic) bond motifs is 1. The molecule has 0 radical (unpaired) electrons. The van der Waals surface area contributed by atoms with Crippen LogP contribution in [0.25, 0.3) is 10.9 Å². The van der Waals surface area contributed by atoms with Crippen molar-refractivity contribution in [2.45, 2.75) is 25.8 Å². The average Bonchev–Trinajstić information content (AvgIpc) is 2.39. The van der Waals surface area contributed by atoms with E-state index >= 15 is 0 Å². The zero-order chi connectivity index (χ0) is 13.4. The third-order valence-electron chi connectivity index (χ3n) is 3.69. The van der Waals surface area contributed by atoms with E-state index in [4.69, 9.17) is 11.6 Å². The van der Waals surface area contributed by atoms with E-state index < -0.39 is 0 Å². The van der Waals surface area contributed by atoms with E-state index in [0.29, 0.717) is 15.9 Å². The quantitative estimate of drug-likeness (QED) is 0.870. The second kappa shape index (κ2) is 4.94. The lowest BCUT2D eigenvalue weighted by atomic mass is 10.1.